The van der Waals surface area contributed by atoms with E-state index in [1.54, 1.807) is 60.7 Å². The molecule has 7 nitrogen and oxygen atoms in total. The molecular weight excluding hydrogens is 423 g/mol. The summed E-state index contributed by atoms with van der Waals surface area (Å²) in [6.45, 7) is 2.01. The molecule has 8 heteroatoms. The highest BCUT2D eigenvalue weighted by molar-refractivity contribution is 6.09. The fourth-order valence-corrected chi connectivity index (χ4v) is 3.27. The zero-order chi connectivity index (χ0) is 23.4. The van der Waals surface area contributed by atoms with Crippen LogP contribution in [-0.2, 0) is 6.54 Å². The number of halogens is 1. The molecule has 1 heterocycles. The van der Waals surface area contributed by atoms with Crippen LogP contribution in [-0.4, -0.2) is 20.5 Å². The molecule has 0 fully saturated rings. The molecule has 0 bridgehead atoms. The van der Waals surface area contributed by atoms with Gasteiger partial charge in [0.2, 0.25) is 5.88 Å². The number of benzene rings is 3. The minimum Gasteiger partial charge on any atom is -0.493 e. The van der Waals surface area contributed by atoms with E-state index < -0.39 is 17.1 Å². The van der Waals surface area contributed by atoms with E-state index in [-0.39, 0.29) is 23.8 Å². The van der Waals surface area contributed by atoms with E-state index in [0.717, 1.165) is 10.1 Å². The predicted octanol–water partition coefficient (Wildman–Crippen LogP) is 3.74. The molecular formula is C25H21FN4O3. The van der Waals surface area contributed by atoms with Crippen LogP contribution >= 0.6 is 0 Å². The maximum absolute atomic E-state index is 13.3. The lowest BCUT2D eigenvalue weighted by Gasteiger charge is -2.15. The number of nitrogens with zero attached hydrogens (tertiary/aromatic N) is 2. The van der Waals surface area contributed by atoms with Gasteiger partial charge >= 0.3 is 5.69 Å². The number of hydrogen-bond acceptors (Lipinski definition) is 4. The van der Waals surface area contributed by atoms with Gasteiger partial charge in [0.25, 0.3) is 5.56 Å². The van der Waals surface area contributed by atoms with Gasteiger partial charge in [-0.05, 0) is 48.9 Å². The number of aromatic hydroxyl groups is 1. The van der Waals surface area contributed by atoms with E-state index >= 15 is 0 Å². The number of amidine groups is 1. The molecule has 0 radical (unpaired) electrons. The zero-order valence-electron chi connectivity index (χ0n) is 17.7. The Hall–Kier alpha value is -4.46. The molecule has 33 heavy (non-hydrogen) atoms. The van der Waals surface area contributed by atoms with Gasteiger partial charge in [0.15, 0.2) is 0 Å². The fraction of sp³-hybridized carbons (Fsp3) is 0.0800. The summed E-state index contributed by atoms with van der Waals surface area (Å²) >= 11 is 0. The van der Waals surface area contributed by atoms with Crippen molar-refractivity contribution in [2.75, 3.05) is 5.32 Å². The third-order valence-electron chi connectivity index (χ3n) is 4.98. The second-order valence-electron chi connectivity index (χ2n) is 7.41. The first-order valence-electron chi connectivity index (χ1n) is 10.2. The number of para-hydroxylation sites is 1. The average molecular weight is 444 g/mol. The maximum atomic E-state index is 13.3. The number of aryl methyl sites for hydroxylation is 1. The van der Waals surface area contributed by atoms with Crippen molar-refractivity contribution in [2.45, 2.75) is 13.5 Å². The number of H-pyrrole nitrogens is 1. The Bertz CT molecular complexity index is 1410. The van der Waals surface area contributed by atoms with Crippen LogP contribution in [0.2, 0.25) is 0 Å². The average Bonchev–Trinajstić information content (AvgIpc) is 2.80. The first kappa shape index (κ1) is 21.8. The molecule has 0 aliphatic carbocycles. The maximum Gasteiger partial charge on any atom is 0.335 e. The van der Waals surface area contributed by atoms with Crippen molar-refractivity contribution < 1.29 is 9.50 Å². The highest BCUT2D eigenvalue weighted by Crippen LogP contribution is 2.19. The van der Waals surface area contributed by atoms with Crippen LogP contribution in [0.3, 0.4) is 0 Å². The van der Waals surface area contributed by atoms with Crippen molar-refractivity contribution in [1.82, 2.24) is 9.55 Å². The number of anilines is 1. The van der Waals surface area contributed by atoms with Crippen LogP contribution in [0.1, 0.15) is 16.7 Å². The van der Waals surface area contributed by atoms with E-state index in [1.165, 1.54) is 12.1 Å². The van der Waals surface area contributed by atoms with Crippen LogP contribution < -0.4 is 16.6 Å². The molecule has 0 unspecified atom stereocenters. The van der Waals surface area contributed by atoms with Crippen molar-refractivity contribution in [1.29, 1.82) is 0 Å². The summed E-state index contributed by atoms with van der Waals surface area (Å²) in [6.07, 6.45) is 0. The van der Waals surface area contributed by atoms with Crippen LogP contribution in [0.15, 0.2) is 93.4 Å². The number of aromatic nitrogens is 2. The van der Waals surface area contributed by atoms with Gasteiger partial charge in [0, 0.05) is 5.69 Å². The number of hydrogen-bond donors (Lipinski definition) is 3. The van der Waals surface area contributed by atoms with Crippen LogP contribution in [0.25, 0.3) is 5.69 Å². The quantitative estimate of drug-likeness (QED) is 0.323. The molecule has 0 atom stereocenters. The number of aromatic amines is 1. The predicted molar refractivity (Wildman–Crippen MR) is 126 cm³/mol. The molecule has 0 aliphatic heterocycles. The second kappa shape index (κ2) is 9.35. The Morgan fingerprint density at radius 2 is 1.67 bits per heavy atom. The molecule has 4 rings (SSSR count). The van der Waals surface area contributed by atoms with E-state index in [2.05, 4.69) is 15.3 Å². The van der Waals surface area contributed by atoms with Crippen molar-refractivity contribution in [3.63, 3.8) is 0 Å². The number of aliphatic imine (C=N–C) groups is 1. The normalized spacial score (nSPS) is 11.4. The molecule has 166 valence electrons. The molecule has 1 aromatic heterocycles. The van der Waals surface area contributed by atoms with E-state index in [4.69, 9.17) is 0 Å². The van der Waals surface area contributed by atoms with Crippen LogP contribution in [0.4, 0.5) is 10.1 Å². The Balaban J connectivity index is 1.85. The van der Waals surface area contributed by atoms with Gasteiger partial charge in [-0.3, -0.25) is 14.8 Å². The lowest BCUT2D eigenvalue weighted by molar-refractivity contribution is 0.429. The van der Waals surface area contributed by atoms with Gasteiger partial charge in [0.1, 0.15) is 17.2 Å². The minimum atomic E-state index is -0.790. The summed E-state index contributed by atoms with van der Waals surface area (Å²) in [4.78, 5) is 32.1. The molecule has 4 aromatic rings. The standard InChI is InChI=1S/C25H21FN4O3/c1-16-7-13-20(14-8-16)30-24(32)21(23(31)29-25(30)33)22(28-19-5-3-2-4-6-19)27-15-17-9-11-18(26)12-10-17/h2-14,32H,15H2,1H3,(H,27,28)(H,29,31,33). The smallest absolute Gasteiger partial charge is 0.335 e. The molecule has 0 aliphatic rings. The number of nitrogens with one attached hydrogen (secondary N) is 2. The van der Waals surface area contributed by atoms with Gasteiger partial charge in [0.05, 0.1) is 12.2 Å². The lowest BCUT2D eigenvalue weighted by atomic mass is 10.2. The lowest BCUT2D eigenvalue weighted by Crippen LogP contribution is -2.35. The number of rotatable bonds is 5. The minimum absolute atomic E-state index is 0.0603. The summed E-state index contributed by atoms with van der Waals surface area (Å²) in [5, 5.41) is 14.1. The molecule has 0 spiro atoms. The van der Waals surface area contributed by atoms with Crippen molar-refractivity contribution in [3.8, 4) is 11.6 Å². The van der Waals surface area contributed by atoms with E-state index in [0.29, 0.717) is 16.9 Å². The van der Waals surface area contributed by atoms with Gasteiger partial charge in [-0.2, -0.15) is 0 Å². The van der Waals surface area contributed by atoms with Crippen molar-refractivity contribution in [2.24, 2.45) is 4.99 Å². The van der Waals surface area contributed by atoms with Crippen LogP contribution in [0.5, 0.6) is 5.88 Å². The first-order chi connectivity index (χ1) is 15.9. The first-order valence-corrected chi connectivity index (χ1v) is 10.2. The third-order valence-corrected chi connectivity index (χ3v) is 4.98. The Morgan fingerprint density at radius 1 is 1.00 bits per heavy atom. The molecule has 3 aromatic carbocycles. The Morgan fingerprint density at radius 3 is 2.33 bits per heavy atom. The molecule has 3 N–H and O–H groups in total. The second-order valence-corrected chi connectivity index (χ2v) is 7.41. The highest BCUT2D eigenvalue weighted by Gasteiger charge is 2.21. The van der Waals surface area contributed by atoms with Gasteiger partial charge < -0.3 is 10.4 Å². The molecule has 0 saturated carbocycles. The summed E-state index contributed by atoms with van der Waals surface area (Å²) < 4.78 is 14.3. The highest BCUT2D eigenvalue weighted by atomic mass is 19.1. The zero-order valence-corrected chi connectivity index (χ0v) is 17.7. The van der Waals surface area contributed by atoms with Crippen molar-refractivity contribution >= 4 is 11.5 Å². The molecule has 0 saturated heterocycles. The summed E-state index contributed by atoms with van der Waals surface area (Å²) in [7, 11) is 0. The van der Waals surface area contributed by atoms with E-state index in [1.807, 2.05) is 13.0 Å². The van der Waals surface area contributed by atoms with E-state index in [9.17, 15) is 19.1 Å². The van der Waals surface area contributed by atoms with Gasteiger partial charge in [-0.25, -0.2) is 13.8 Å². The topological polar surface area (TPSA) is 99.5 Å². The summed E-state index contributed by atoms with van der Waals surface area (Å²) in [6, 6.07) is 21.7. The Kier molecular flexibility index (Phi) is 6.17. The fourth-order valence-electron chi connectivity index (χ4n) is 3.27. The van der Waals surface area contributed by atoms with Crippen LogP contribution in [0, 0.1) is 12.7 Å². The van der Waals surface area contributed by atoms with Gasteiger partial charge in [-0.1, -0.05) is 48.0 Å². The summed E-state index contributed by atoms with van der Waals surface area (Å²) in [5.74, 6) is -0.858. The summed E-state index contributed by atoms with van der Waals surface area (Å²) in [5.41, 5.74) is 0.932. The third kappa shape index (κ3) is 4.90. The van der Waals surface area contributed by atoms with Crippen molar-refractivity contribution in [3.05, 3.63) is 122 Å². The largest absolute Gasteiger partial charge is 0.493 e. The monoisotopic (exact) mass is 444 g/mol. The van der Waals surface area contributed by atoms with Gasteiger partial charge in [-0.15, -0.1) is 0 Å². The molecule has 0 amide bonds. The Labute approximate surface area is 188 Å². The SMILES string of the molecule is Cc1ccc(-n2c(O)c(C(=NCc3ccc(F)cc3)Nc3ccccc3)c(=O)[nH]c2=O)cc1.